The van der Waals surface area contributed by atoms with Crippen LogP contribution in [0.2, 0.25) is 0 Å². The fourth-order valence-corrected chi connectivity index (χ4v) is 2.81. The molecule has 2 amide bonds. The van der Waals surface area contributed by atoms with Gasteiger partial charge in [0.05, 0.1) is 6.61 Å². The van der Waals surface area contributed by atoms with Crippen LogP contribution in [0.5, 0.6) is 5.75 Å². The molecular formula is C17H23BrN2O4. The van der Waals surface area contributed by atoms with Crippen LogP contribution < -0.4 is 4.74 Å². The van der Waals surface area contributed by atoms with E-state index in [2.05, 4.69) is 15.9 Å². The number of nitrogens with zero attached hydrogens (tertiary/aromatic N) is 2. The van der Waals surface area contributed by atoms with Crippen LogP contribution in [0.3, 0.4) is 0 Å². The molecule has 1 fully saturated rings. The summed E-state index contributed by atoms with van der Waals surface area (Å²) in [6.07, 6.45) is -0.318. The van der Waals surface area contributed by atoms with Crippen LogP contribution in [0.25, 0.3) is 0 Å². The van der Waals surface area contributed by atoms with Crippen molar-refractivity contribution in [2.24, 2.45) is 0 Å². The zero-order valence-electron chi connectivity index (χ0n) is 14.3. The summed E-state index contributed by atoms with van der Waals surface area (Å²) in [5.74, 6) is 0.614. The summed E-state index contributed by atoms with van der Waals surface area (Å²) < 4.78 is 11.7. The van der Waals surface area contributed by atoms with Gasteiger partial charge in [0.2, 0.25) is 0 Å². The van der Waals surface area contributed by atoms with E-state index in [-0.39, 0.29) is 18.6 Å². The lowest BCUT2D eigenvalue weighted by Crippen LogP contribution is -2.51. The van der Waals surface area contributed by atoms with Crippen LogP contribution in [0, 0.1) is 13.8 Å². The number of benzene rings is 1. The normalized spacial score (nSPS) is 14.5. The van der Waals surface area contributed by atoms with Gasteiger partial charge in [0, 0.05) is 30.7 Å². The SMILES string of the molecule is CCOC(=O)N1CCN(C(=O)COc2cc(C)c(Br)c(C)c2)CC1. The predicted molar refractivity (Wildman–Crippen MR) is 94.3 cm³/mol. The summed E-state index contributed by atoms with van der Waals surface area (Å²) in [5.41, 5.74) is 2.14. The van der Waals surface area contributed by atoms with Crippen LogP contribution in [0.15, 0.2) is 16.6 Å². The molecule has 0 aromatic heterocycles. The van der Waals surface area contributed by atoms with Crippen molar-refractivity contribution in [2.45, 2.75) is 20.8 Å². The van der Waals surface area contributed by atoms with Gasteiger partial charge in [0.25, 0.3) is 5.91 Å². The van der Waals surface area contributed by atoms with E-state index >= 15 is 0 Å². The van der Waals surface area contributed by atoms with Crippen LogP contribution in [-0.2, 0) is 9.53 Å². The molecule has 1 aliphatic rings. The van der Waals surface area contributed by atoms with E-state index in [4.69, 9.17) is 9.47 Å². The molecule has 0 aliphatic carbocycles. The van der Waals surface area contributed by atoms with E-state index in [0.29, 0.717) is 38.5 Å². The second-order valence-electron chi connectivity index (χ2n) is 5.73. The monoisotopic (exact) mass is 398 g/mol. The molecule has 1 aromatic carbocycles. The van der Waals surface area contributed by atoms with Crippen LogP contribution in [0.1, 0.15) is 18.1 Å². The van der Waals surface area contributed by atoms with Crippen molar-refractivity contribution in [1.29, 1.82) is 0 Å². The third-order valence-corrected chi connectivity index (χ3v) is 5.18. The highest BCUT2D eigenvalue weighted by molar-refractivity contribution is 9.10. The van der Waals surface area contributed by atoms with Crippen molar-refractivity contribution in [2.75, 3.05) is 39.4 Å². The number of hydrogen-bond acceptors (Lipinski definition) is 4. The Bertz CT molecular complexity index is 590. The number of halogens is 1. The Hall–Kier alpha value is -1.76. The molecule has 132 valence electrons. The number of piperazine rings is 1. The summed E-state index contributed by atoms with van der Waals surface area (Å²) >= 11 is 3.51. The molecule has 24 heavy (non-hydrogen) atoms. The van der Waals surface area contributed by atoms with E-state index in [9.17, 15) is 9.59 Å². The highest BCUT2D eigenvalue weighted by Gasteiger charge is 2.25. The number of ether oxygens (including phenoxy) is 2. The number of aryl methyl sites for hydroxylation is 2. The maximum Gasteiger partial charge on any atom is 0.409 e. The Balaban J connectivity index is 1.83. The maximum absolute atomic E-state index is 12.3. The Morgan fingerprint density at radius 3 is 2.17 bits per heavy atom. The lowest BCUT2D eigenvalue weighted by Gasteiger charge is -2.34. The van der Waals surface area contributed by atoms with E-state index in [1.165, 1.54) is 0 Å². The predicted octanol–water partition coefficient (Wildman–Crippen LogP) is 2.75. The molecule has 1 aliphatic heterocycles. The van der Waals surface area contributed by atoms with Gasteiger partial charge in [0.1, 0.15) is 5.75 Å². The van der Waals surface area contributed by atoms with E-state index in [1.807, 2.05) is 26.0 Å². The van der Waals surface area contributed by atoms with Gasteiger partial charge >= 0.3 is 6.09 Å². The minimum absolute atomic E-state index is 0.0000805. The van der Waals surface area contributed by atoms with Crippen molar-refractivity contribution in [3.63, 3.8) is 0 Å². The van der Waals surface area contributed by atoms with Crippen molar-refractivity contribution < 1.29 is 19.1 Å². The minimum Gasteiger partial charge on any atom is -0.484 e. The van der Waals surface area contributed by atoms with Crippen molar-refractivity contribution in [1.82, 2.24) is 9.80 Å². The van der Waals surface area contributed by atoms with E-state index < -0.39 is 0 Å². The highest BCUT2D eigenvalue weighted by atomic mass is 79.9. The van der Waals surface area contributed by atoms with E-state index in [1.54, 1.807) is 16.7 Å². The average molecular weight is 399 g/mol. The molecule has 0 spiro atoms. The zero-order chi connectivity index (χ0) is 17.7. The van der Waals surface area contributed by atoms with Crippen LogP contribution >= 0.6 is 15.9 Å². The smallest absolute Gasteiger partial charge is 0.409 e. The molecule has 0 saturated carbocycles. The first-order valence-corrected chi connectivity index (χ1v) is 8.80. The van der Waals surface area contributed by atoms with Gasteiger partial charge in [-0.15, -0.1) is 0 Å². The zero-order valence-corrected chi connectivity index (χ0v) is 15.9. The summed E-state index contributed by atoms with van der Waals surface area (Å²) in [4.78, 5) is 27.3. The van der Waals surface area contributed by atoms with Crippen molar-refractivity contribution >= 4 is 27.9 Å². The third-order valence-electron chi connectivity index (χ3n) is 3.93. The molecule has 0 N–H and O–H groups in total. The Kier molecular flexibility index (Phi) is 6.48. The fourth-order valence-electron chi connectivity index (χ4n) is 2.58. The Labute approximate surface area is 150 Å². The van der Waals surface area contributed by atoms with E-state index in [0.717, 1.165) is 15.6 Å². The molecule has 0 unspecified atom stereocenters. The molecule has 2 rings (SSSR count). The molecule has 1 heterocycles. The van der Waals surface area contributed by atoms with Gasteiger partial charge in [-0.1, -0.05) is 15.9 Å². The molecule has 1 aromatic rings. The second kappa shape index (κ2) is 8.37. The van der Waals surface area contributed by atoms with Gasteiger partial charge in [-0.25, -0.2) is 4.79 Å². The second-order valence-corrected chi connectivity index (χ2v) is 6.52. The first kappa shape index (κ1) is 18.6. The van der Waals surface area contributed by atoms with Crippen LogP contribution in [-0.4, -0.2) is 61.2 Å². The summed E-state index contributed by atoms with van der Waals surface area (Å²) in [7, 11) is 0. The number of carbonyl (C=O) groups is 2. The third kappa shape index (κ3) is 4.63. The summed E-state index contributed by atoms with van der Waals surface area (Å²) in [6.45, 7) is 8.08. The molecule has 0 radical (unpaired) electrons. The number of carbonyl (C=O) groups excluding carboxylic acids is 2. The molecule has 1 saturated heterocycles. The Morgan fingerprint density at radius 2 is 1.62 bits per heavy atom. The van der Waals surface area contributed by atoms with Gasteiger partial charge in [-0.05, 0) is 44.0 Å². The number of hydrogen-bond donors (Lipinski definition) is 0. The number of amides is 2. The lowest BCUT2D eigenvalue weighted by molar-refractivity contribution is -0.134. The highest BCUT2D eigenvalue weighted by Crippen LogP contribution is 2.26. The molecular weight excluding hydrogens is 376 g/mol. The van der Waals surface area contributed by atoms with Crippen molar-refractivity contribution in [3.8, 4) is 5.75 Å². The van der Waals surface area contributed by atoms with Gasteiger partial charge < -0.3 is 19.3 Å². The van der Waals surface area contributed by atoms with Gasteiger partial charge in [-0.2, -0.15) is 0 Å². The molecule has 0 atom stereocenters. The minimum atomic E-state index is -0.318. The Morgan fingerprint density at radius 1 is 1.08 bits per heavy atom. The lowest BCUT2D eigenvalue weighted by atomic mass is 10.1. The van der Waals surface area contributed by atoms with Gasteiger partial charge in [-0.3, -0.25) is 4.79 Å². The molecule has 7 heteroatoms. The maximum atomic E-state index is 12.3. The molecule has 0 bridgehead atoms. The fraction of sp³-hybridized carbons (Fsp3) is 0.529. The molecule has 6 nitrogen and oxygen atoms in total. The first-order chi connectivity index (χ1) is 11.4. The largest absolute Gasteiger partial charge is 0.484 e. The topological polar surface area (TPSA) is 59.1 Å². The summed E-state index contributed by atoms with van der Waals surface area (Å²) in [6, 6.07) is 3.81. The van der Waals surface area contributed by atoms with Crippen LogP contribution in [0.4, 0.5) is 4.79 Å². The number of rotatable bonds is 4. The standard InChI is InChI=1S/C17H23BrN2O4/c1-4-23-17(22)20-7-5-19(6-8-20)15(21)11-24-14-9-12(2)16(18)13(3)10-14/h9-10H,4-8,11H2,1-3H3. The quantitative estimate of drug-likeness (QED) is 0.782. The van der Waals surface area contributed by atoms with Crippen molar-refractivity contribution in [3.05, 3.63) is 27.7 Å². The summed E-state index contributed by atoms with van der Waals surface area (Å²) in [5, 5.41) is 0. The average Bonchev–Trinajstić information content (AvgIpc) is 2.57. The first-order valence-electron chi connectivity index (χ1n) is 8.01. The van der Waals surface area contributed by atoms with Gasteiger partial charge in [0.15, 0.2) is 6.61 Å².